The first kappa shape index (κ1) is 35.9. The van der Waals surface area contributed by atoms with Crippen LogP contribution in [0.5, 0.6) is 0 Å². The lowest BCUT2D eigenvalue weighted by molar-refractivity contribution is -0.137. The summed E-state index contributed by atoms with van der Waals surface area (Å²) in [6.45, 7) is 7.32. The number of ether oxygens (including phenoxy) is 1. The lowest BCUT2D eigenvalue weighted by Crippen LogP contribution is -2.27. The highest BCUT2D eigenvalue weighted by Crippen LogP contribution is 2.30. The van der Waals surface area contributed by atoms with Gasteiger partial charge in [0, 0.05) is 43.3 Å². The summed E-state index contributed by atoms with van der Waals surface area (Å²) in [5, 5.41) is 8.57. The highest BCUT2D eigenvalue weighted by molar-refractivity contribution is 7.85. The number of aromatic nitrogens is 1. The van der Waals surface area contributed by atoms with Crippen LogP contribution in [0, 0.1) is 19.5 Å². The van der Waals surface area contributed by atoms with Gasteiger partial charge in [-0.3, -0.25) is 9.11 Å². The Labute approximate surface area is 239 Å². The summed E-state index contributed by atoms with van der Waals surface area (Å²) < 4.78 is 89.2. The summed E-state index contributed by atoms with van der Waals surface area (Å²) in [7, 11) is -1.27. The van der Waals surface area contributed by atoms with Crippen LogP contribution < -0.4 is 0 Å². The number of aryl methyl sites for hydroxylation is 1. The Kier molecular flexibility index (Phi) is 14.8. The van der Waals surface area contributed by atoms with Crippen molar-refractivity contribution in [3.05, 3.63) is 70.8 Å². The van der Waals surface area contributed by atoms with Gasteiger partial charge in [0.1, 0.15) is 11.1 Å². The van der Waals surface area contributed by atoms with E-state index in [-0.39, 0.29) is 20.2 Å². The van der Waals surface area contributed by atoms with Gasteiger partial charge in [-0.25, -0.2) is 4.98 Å². The average Bonchev–Trinajstić information content (AvgIpc) is 2.86. The van der Waals surface area contributed by atoms with E-state index in [4.69, 9.17) is 14.8 Å². The van der Waals surface area contributed by atoms with Gasteiger partial charge in [0.15, 0.2) is 0 Å². The molecule has 0 aliphatic carbocycles. The molecule has 3 aromatic rings. The predicted octanol–water partition coefficient (Wildman–Crippen LogP) is 7.59. The smallest absolute Gasteiger partial charge is 0.416 e. The van der Waals surface area contributed by atoms with Crippen LogP contribution >= 0.6 is 0 Å². The summed E-state index contributed by atoms with van der Waals surface area (Å²) in [6, 6.07) is 13.2. The average molecular weight is 605 g/mol. The fourth-order valence-electron chi connectivity index (χ4n) is 3.68. The first-order valence-electron chi connectivity index (χ1n) is 12.5. The molecule has 0 aliphatic heterocycles. The summed E-state index contributed by atoms with van der Waals surface area (Å²) in [5.41, 5.74) is 2.47. The molecule has 1 heterocycles. The molecule has 0 amide bonds. The van der Waals surface area contributed by atoms with Gasteiger partial charge < -0.3 is 9.84 Å². The summed E-state index contributed by atoms with van der Waals surface area (Å²) in [4.78, 5) is 6.67. The molecular formula is C29H34F6N2O3S. The van der Waals surface area contributed by atoms with Gasteiger partial charge in [-0.2, -0.15) is 26.3 Å². The van der Waals surface area contributed by atoms with Crippen molar-refractivity contribution in [2.24, 2.45) is 0 Å². The van der Waals surface area contributed by atoms with Gasteiger partial charge in [0.25, 0.3) is 0 Å². The van der Waals surface area contributed by atoms with Crippen molar-refractivity contribution < 1.29 is 40.4 Å². The lowest BCUT2D eigenvalue weighted by Gasteiger charge is -2.24. The number of nitrogens with zero attached hydrogens (tertiary/aromatic N) is 2. The molecule has 0 spiro atoms. The largest absolute Gasteiger partial charge is 0.462 e. The first-order chi connectivity index (χ1) is 19.1. The van der Waals surface area contributed by atoms with Crippen LogP contribution in [0.15, 0.2) is 53.6 Å². The molecule has 0 saturated heterocycles. The number of aliphatic hydroxyl groups excluding tert-OH is 1. The molecule has 0 bridgehead atoms. The van der Waals surface area contributed by atoms with E-state index >= 15 is 0 Å². The van der Waals surface area contributed by atoms with Crippen LogP contribution in [-0.2, 0) is 34.8 Å². The molecule has 1 atom stereocenters. The predicted molar refractivity (Wildman–Crippen MR) is 148 cm³/mol. The maximum Gasteiger partial charge on any atom is 0.416 e. The Morgan fingerprint density at radius 3 is 2.22 bits per heavy atom. The number of pyridine rings is 1. The van der Waals surface area contributed by atoms with Crippen molar-refractivity contribution in [2.45, 2.75) is 64.6 Å². The fraction of sp³-hybridized carbons (Fsp3) is 0.414. The quantitative estimate of drug-likeness (QED) is 0.147. The number of para-hydroxylation sites is 1. The molecule has 0 saturated carbocycles. The zero-order chi connectivity index (χ0) is 31.2. The Hall–Kier alpha value is -3.14. The number of rotatable bonds is 10. The molecular weight excluding hydrogens is 570 g/mol. The van der Waals surface area contributed by atoms with Crippen LogP contribution in [0.2, 0.25) is 0 Å². The van der Waals surface area contributed by atoms with E-state index in [0.717, 1.165) is 40.6 Å². The third-order valence-electron chi connectivity index (χ3n) is 5.22. The Balaban J connectivity index is 0.000000930. The van der Waals surface area contributed by atoms with Crippen molar-refractivity contribution in [2.75, 3.05) is 19.1 Å². The highest BCUT2D eigenvalue weighted by Gasteiger charge is 2.30. The molecule has 1 N–H and O–H groups in total. The molecule has 0 radical (unpaired) electrons. The van der Waals surface area contributed by atoms with Gasteiger partial charge in [-0.1, -0.05) is 49.7 Å². The first-order valence-corrected chi connectivity index (χ1v) is 13.9. The standard InChI is InChI=1S/C25H29F3N2O2S.C2H3F3.C2H2O/c1-4-12-33(31)24-21(14-20-10-6-8-18(3)23(20)29-24)16-30(17-32-5-2)15-19-9-7-11-22(13-19)25(26,27)28;1-2(3,4)5;1-2-3/h6-11,13-14H,4-5,12,15-17H2,1-3H3;1H3;1,3H. The van der Waals surface area contributed by atoms with E-state index in [9.17, 15) is 30.6 Å². The molecule has 226 valence electrons. The summed E-state index contributed by atoms with van der Waals surface area (Å²) in [6.07, 6.45) is -2.24. The number of halogens is 6. The van der Waals surface area contributed by atoms with E-state index in [1.54, 1.807) is 6.07 Å². The molecule has 41 heavy (non-hydrogen) atoms. The molecule has 0 aliphatic rings. The second-order valence-corrected chi connectivity index (χ2v) is 10.4. The Morgan fingerprint density at radius 1 is 1.05 bits per heavy atom. The van der Waals surface area contributed by atoms with E-state index < -0.39 is 28.7 Å². The zero-order valence-corrected chi connectivity index (χ0v) is 24.1. The molecule has 12 heteroatoms. The van der Waals surface area contributed by atoms with E-state index in [1.807, 2.05) is 49.9 Å². The summed E-state index contributed by atoms with van der Waals surface area (Å²) in [5.74, 6) is 0.497. The normalized spacial score (nSPS) is 12.1. The Morgan fingerprint density at radius 2 is 1.66 bits per heavy atom. The van der Waals surface area contributed by atoms with Gasteiger partial charge in [-0.05, 0) is 43.5 Å². The molecule has 5 nitrogen and oxygen atoms in total. The van der Waals surface area contributed by atoms with Crippen LogP contribution in [0.3, 0.4) is 0 Å². The van der Waals surface area contributed by atoms with Crippen molar-refractivity contribution in [1.29, 1.82) is 0 Å². The second kappa shape index (κ2) is 17.0. The van der Waals surface area contributed by atoms with Crippen molar-refractivity contribution in [3.63, 3.8) is 0 Å². The van der Waals surface area contributed by atoms with Crippen molar-refractivity contribution in [3.8, 4) is 12.5 Å². The number of terminal acetylenes is 1. The third kappa shape index (κ3) is 13.4. The highest BCUT2D eigenvalue weighted by atomic mass is 32.2. The number of hydrogen-bond acceptors (Lipinski definition) is 5. The number of alkyl halides is 6. The van der Waals surface area contributed by atoms with Crippen LogP contribution in [0.1, 0.15) is 49.4 Å². The number of aliphatic hydroxyl groups is 1. The minimum absolute atomic E-state index is 0.188. The lowest BCUT2D eigenvalue weighted by atomic mass is 10.1. The number of hydrogen-bond donors (Lipinski definition) is 1. The Bertz CT molecular complexity index is 1300. The maximum absolute atomic E-state index is 13.2. The monoisotopic (exact) mass is 604 g/mol. The number of benzene rings is 2. The van der Waals surface area contributed by atoms with Crippen molar-refractivity contribution >= 4 is 21.7 Å². The van der Waals surface area contributed by atoms with Gasteiger partial charge >= 0.3 is 12.4 Å². The topological polar surface area (TPSA) is 62.7 Å². The molecule has 1 unspecified atom stereocenters. The minimum Gasteiger partial charge on any atom is -0.462 e. The van der Waals surface area contributed by atoms with Gasteiger partial charge in [0.05, 0.1) is 28.6 Å². The van der Waals surface area contributed by atoms with Crippen molar-refractivity contribution in [1.82, 2.24) is 9.88 Å². The van der Waals surface area contributed by atoms with Gasteiger partial charge in [0.2, 0.25) is 0 Å². The zero-order valence-electron chi connectivity index (χ0n) is 23.3. The molecule has 1 aromatic heterocycles. The van der Waals surface area contributed by atoms with Crippen LogP contribution in [0.25, 0.3) is 10.9 Å². The molecule has 2 aromatic carbocycles. The number of fused-ring (bicyclic) bond motifs is 1. The van der Waals surface area contributed by atoms with E-state index in [0.29, 0.717) is 29.5 Å². The van der Waals surface area contributed by atoms with Gasteiger partial charge in [-0.15, -0.1) is 0 Å². The minimum atomic E-state index is -4.40. The molecule has 0 fully saturated rings. The second-order valence-electron chi connectivity index (χ2n) is 8.87. The molecule has 3 rings (SSSR count). The fourth-order valence-corrected chi connectivity index (χ4v) is 4.85. The SMILES string of the molecule is C#CO.CC(F)(F)F.CCCS(=O)c1nc2c(C)cccc2cc1CN(COCC)Cc1cccc(C(F)(F)F)c1. The van der Waals surface area contributed by atoms with E-state index in [2.05, 4.69) is 6.42 Å². The van der Waals surface area contributed by atoms with E-state index in [1.165, 1.54) is 12.2 Å². The van der Waals surface area contributed by atoms with Crippen LogP contribution in [-0.4, -0.2) is 44.5 Å². The summed E-state index contributed by atoms with van der Waals surface area (Å²) >= 11 is 0. The third-order valence-corrected chi connectivity index (χ3v) is 6.79. The van der Waals surface area contributed by atoms with Crippen LogP contribution in [0.4, 0.5) is 26.3 Å². The maximum atomic E-state index is 13.2.